The minimum atomic E-state index is -0.371. The van der Waals surface area contributed by atoms with Gasteiger partial charge in [-0.15, -0.1) is 0 Å². The second-order valence-electron chi connectivity index (χ2n) is 8.16. The molecule has 0 bridgehead atoms. The number of allylic oxidation sites excluding steroid dienone is 6. The SMILES string of the molecule is C=C(NC1(C)CCCCC1)C(CC)=N/C(=C(C)/C(F)=C\C=C/C)c1ccc(F)cc1. The summed E-state index contributed by atoms with van der Waals surface area (Å²) in [7, 11) is 0. The van der Waals surface area contributed by atoms with Gasteiger partial charge in [0.1, 0.15) is 11.6 Å². The summed E-state index contributed by atoms with van der Waals surface area (Å²) in [6.45, 7) is 12.0. The zero-order valence-corrected chi connectivity index (χ0v) is 18.7. The molecule has 0 spiro atoms. The molecule has 1 aromatic rings. The van der Waals surface area contributed by atoms with E-state index >= 15 is 0 Å². The fourth-order valence-corrected chi connectivity index (χ4v) is 3.78. The number of nitrogens with one attached hydrogen (secondary N) is 1. The highest BCUT2D eigenvalue weighted by molar-refractivity contribution is 6.02. The van der Waals surface area contributed by atoms with Crippen molar-refractivity contribution in [1.82, 2.24) is 5.32 Å². The predicted molar refractivity (Wildman–Crippen MR) is 124 cm³/mol. The van der Waals surface area contributed by atoms with E-state index < -0.39 is 0 Å². The normalized spacial score (nSPS) is 18.3. The smallest absolute Gasteiger partial charge is 0.128 e. The Bertz CT molecular complexity index is 852. The quantitative estimate of drug-likeness (QED) is 0.344. The van der Waals surface area contributed by atoms with Crippen LogP contribution in [0.25, 0.3) is 5.70 Å². The summed E-state index contributed by atoms with van der Waals surface area (Å²) >= 11 is 0. The molecule has 0 radical (unpaired) electrons. The number of hydrogen-bond donors (Lipinski definition) is 1. The third-order valence-corrected chi connectivity index (χ3v) is 5.61. The molecule has 0 heterocycles. The third kappa shape index (κ3) is 6.51. The molecule has 0 aromatic heterocycles. The number of halogens is 2. The van der Waals surface area contributed by atoms with Crippen LogP contribution in [0.3, 0.4) is 0 Å². The first-order valence-electron chi connectivity index (χ1n) is 10.8. The fourth-order valence-electron chi connectivity index (χ4n) is 3.78. The van der Waals surface area contributed by atoms with Crippen molar-refractivity contribution in [3.63, 3.8) is 0 Å². The maximum atomic E-state index is 14.8. The van der Waals surface area contributed by atoms with E-state index in [-0.39, 0.29) is 17.2 Å². The van der Waals surface area contributed by atoms with E-state index in [9.17, 15) is 8.78 Å². The zero-order chi connectivity index (χ0) is 22.1. The monoisotopic (exact) mass is 412 g/mol. The molecule has 0 atom stereocenters. The van der Waals surface area contributed by atoms with Gasteiger partial charge >= 0.3 is 0 Å². The third-order valence-electron chi connectivity index (χ3n) is 5.61. The highest BCUT2D eigenvalue weighted by Gasteiger charge is 2.27. The Morgan fingerprint density at radius 2 is 1.83 bits per heavy atom. The highest BCUT2D eigenvalue weighted by Crippen LogP contribution is 2.30. The van der Waals surface area contributed by atoms with E-state index in [1.807, 2.05) is 13.8 Å². The molecular formula is C26H34F2N2. The van der Waals surface area contributed by atoms with E-state index in [2.05, 4.69) is 18.8 Å². The van der Waals surface area contributed by atoms with Crippen molar-refractivity contribution in [1.29, 1.82) is 0 Å². The predicted octanol–water partition coefficient (Wildman–Crippen LogP) is 7.66. The summed E-state index contributed by atoms with van der Waals surface area (Å²) in [5.74, 6) is -0.707. The average Bonchev–Trinajstić information content (AvgIpc) is 2.73. The lowest BCUT2D eigenvalue weighted by atomic mass is 9.83. The fraction of sp³-hybridized carbons (Fsp3) is 0.423. The van der Waals surface area contributed by atoms with Crippen molar-refractivity contribution in [3.05, 3.63) is 77.6 Å². The highest BCUT2D eigenvalue weighted by atomic mass is 19.1. The molecule has 2 nitrogen and oxygen atoms in total. The Morgan fingerprint density at radius 3 is 2.40 bits per heavy atom. The molecule has 0 saturated heterocycles. The minimum absolute atomic E-state index is 0.0111. The van der Waals surface area contributed by atoms with Crippen LogP contribution in [0.4, 0.5) is 8.78 Å². The molecule has 30 heavy (non-hydrogen) atoms. The van der Waals surface area contributed by atoms with Crippen LogP contribution in [0.15, 0.2) is 71.2 Å². The van der Waals surface area contributed by atoms with Crippen LogP contribution in [0.2, 0.25) is 0 Å². The summed E-state index contributed by atoms with van der Waals surface area (Å²) < 4.78 is 28.2. The van der Waals surface area contributed by atoms with Crippen molar-refractivity contribution in [2.75, 3.05) is 0 Å². The molecule has 1 aromatic carbocycles. The van der Waals surface area contributed by atoms with Crippen LogP contribution < -0.4 is 5.32 Å². The summed E-state index contributed by atoms with van der Waals surface area (Å²) in [6, 6.07) is 6.00. The molecule has 1 aliphatic rings. The summed E-state index contributed by atoms with van der Waals surface area (Å²) in [4.78, 5) is 4.83. The molecule has 1 aliphatic carbocycles. The Hall–Kier alpha value is -2.49. The molecule has 1 fully saturated rings. The van der Waals surface area contributed by atoms with Crippen LogP contribution in [0.1, 0.15) is 71.8 Å². The molecule has 0 aliphatic heterocycles. The molecule has 0 amide bonds. The molecule has 1 N–H and O–H groups in total. The number of nitrogens with zero attached hydrogens (tertiary/aromatic N) is 1. The lowest BCUT2D eigenvalue weighted by Gasteiger charge is -2.36. The van der Waals surface area contributed by atoms with Gasteiger partial charge in [-0.05, 0) is 70.4 Å². The standard InChI is InChI=1S/C26H34F2N2/c1-6-8-12-23(28)19(3)25(21-13-15-22(27)16-14-21)29-24(7-2)20(4)30-26(5)17-10-9-11-18-26/h6,8,12-16,30H,4,7,9-11,17-18H2,1-3,5H3/b8-6-,23-12+,25-19+,29-24?. The van der Waals surface area contributed by atoms with Gasteiger partial charge in [0, 0.05) is 22.4 Å². The molecule has 162 valence electrons. The Kier molecular flexibility index (Phi) is 8.76. The second-order valence-corrected chi connectivity index (χ2v) is 8.16. The number of benzene rings is 1. The van der Waals surface area contributed by atoms with Crippen molar-refractivity contribution in [2.45, 2.75) is 71.8 Å². The van der Waals surface area contributed by atoms with E-state index in [4.69, 9.17) is 4.99 Å². The Labute approximate surface area is 180 Å². The number of rotatable bonds is 8. The first kappa shape index (κ1) is 23.8. The maximum absolute atomic E-state index is 14.8. The van der Waals surface area contributed by atoms with Gasteiger partial charge in [0.05, 0.1) is 11.4 Å². The molecular weight excluding hydrogens is 378 g/mol. The molecule has 1 saturated carbocycles. The van der Waals surface area contributed by atoms with Crippen LogP contribution >= 0.6 is 0 Å². The van der Waals surface area contributed by atoms with E-state index in [1.54, 1.807) is 31.2 Å². The van der Waals surface area contributed by atoms with Crippen LogP contribution in [0.5, 0.6) is 0 Å². The topological polar surface area (TPSA) is 24.4 Å². The zero-order valence-electron chi connectivity index (χ0n) is 18.7. The van der Waals surface area contributed by atoms with Crippen molar-refractivity contribution in [2.24, 2.45) is 4.99 Å². The maximum Gasteiger partial charge on any atom is 0.128 e. The minimum Gasteiger partial charge on any atom is -0.379 e. The molecule has 2 rings (SSSR count). The Balaban J connectivity index is 2.46. The van der Waals surface area contributed by atoms with Crippen molar-refractivity contribution < 1.29 is 8.78 Å². The number of hydrogen-bond acceptors (Lipinski definition) is 2. The Morgan fingerprint density at radius 1 is 1.20 bits per heavy atom. The van der Waals surface area contributed by atoms with Crippen molar-refractivity contribution in [3.8, 4) is 0 Å². The van der Waals surface area contributed by atoms with Crippen LogP contribution in [0, 0.1) is 5.82 Å². The molecule has 0 unspecified atom stereocenters. The van der Waals surface area contributed by atoms with Crippen LogP contribution in [-0.2, 0) is 0 Å². The van der Waals surface area contributed by atoms with Gasteiger partial charge in [0.2, 0.25) is 0 Å². The first-order chi connectivity index (χ1) is 14.3. The van der Waals surface area contributed by atoms with Gasteiger partial charge in [-0.2, -0.15) is 0 Å². The summed E-state index contributed by atoms with van der Waals surface area (Å²) in [5, 5.41) is 3.59. The van der Waals surface area contributed by atoms with Gasteiger partial charge < -0.3 is 5.32 Å². The summed E-state index contributed by atoms with van der Waals surface area (Å²) in [6.07, 6.45) is 11.4. The van der Waals surface area contributed by atoms with Gasteiger partial charge in [0.15, 0.2) is 0 Å². The van der Waals surface area contributed by atoms with Crippen LogP contribution in [-0.4, -0.2) is 11.3 Å². The lowest BCUT2D eigenvalue weighted by molar-refractivity contribution is 0.278. The second kappa shape index (κ2) is 11.1. The van der Waals surface area contributed by atoms with E-state index in [1.165, 1.54) is 37.5 Å². The van der Waals surface area contributed by atoms with Gasteiger partial charge in [-0.1, -0.05) is 44.9 Å². The van der Waals surface area contributed by atoms with Gasteiger partial charge in [0.25, 0.3) is 0 Å². The average molecular weight is 413 g/mol. The lowest BCUT2D eigenvalue weighted by Crippen LogP contribution is -2.44. The van der Waals surface area contributed by atoms with Gasteiger partial charge in [-0.3, -0.25) is 4.99 Å². The van der Waals surface area contributed by atoms with Crippen molar-refractivity contribution >= 4 is 11.4 Å². The largest absolute Gasteiger partial charge is 0.379 e. The van der Waals surface area contributed by atoms with E-state index in [0.29, 0.717) is 23.3 Å². The first-order valence-corrected chi connectivity index (χ1v) is 10.8. The number of aliphatic imine (C=N–C) groups is 1. The van der Waals surface area contributed by atoms with E-state index in [0.717, 1.165) is 24.3 Å². The molecule has 4 heteroatoms. The van der Waals surface area contributed by atoms with Gasteiger partial charge in [-0.25, -0.2) is 8.78 Å². The summed E-state index contributed by atoms with van der Waals surface area (Å²) in [5.41, 5.74) is 3.12.